The molecule has 0 saturated heterocycles. The lowest BCUT2D eigenvalue weighted by Crippen LogP contribution is -1.98. The molecule has 0 aliphatic rings. The molecule has 1 aromatic rings. The monoisotopic (exact) mass is 226 g/mol. The summed E-state index contributed by atoms with van der Waals surface area (Å²) in [5, 5.41) is 21.1. The number of nitro benzene ring substituents is 2. The summed E-state index contributed by atoms with van der Waals surface area (Å²) in [5.41, 5.74) is -0.0386. The van der Waals surface area contributed by atoms with Gasteiger partial charge in [-0.25, -0.2) is 0 Å². The van der Waals surface area contributed by atoms with E-state index in [0.29, 0.717) is 18.6 Å². The van der Waals surface area contributed by atoms with E-state index in [4.69, 9.17) is 4.74 Å². The maximum Gasteiger partial charge on any atom is 0.276 e. The van der Waals surface area contributed by atoms with Gasteiger partial charge in [0.2, 0.25) is 0 Å². The van der Waals surface area contributed by atoms with Crippen molar-refractivity contribution < 1.29 is 14.6 Å². The van der Waals surface area contributed by atoms with Gasteiger partial charge in [0.1, 0.15) is 0 Å². The van der Waals surface area contributed by atoms with Crippen LogP contribution in [0.2, 0.25) is 0 Å². The molecular formula is C9H10N2O5. The molecule has 16 heavy (non-hydrogen) atoms. The van der Waals surface area contributed by atoms with Crippen LogP contribution >= 0.6 is 0 Å². The predicted molar refractivity (Wildman–Crippen MR) is 55.3 cm³/mol. The Kier molecular flexibility index (Phi) is 3.90. The molecule has 7 heteroatoms. The number of hydrogen-bond acceptors (Lipinski definition) is 5. The molecule has 0 N–H and O–H groups in total. The molecule has 0 bridgehead atoms. The van der Waals surface area contributed by atoms with Gasteiger partial charge in [0, 0.05) is 19.2 Å². The minimum absolute atomic E-state index is 0.277. The van der Waals surface area contributed by atoms with Crippen LogP contribution in [0.4, 0.5) is 11.4 Å². The van der Waals surface area contributed by atoms with Crippen LogP contribution in [0, 0.1) is 20.2 Å². The zero-order valence-electron chi connectivity index (χ0n) is 8.58. The number of benzene rings is 1. The Bertz CT molecular complexity index is 386. The van der Waals surface area contributed by atoms with Gasteiger partial charge in [-0.15, -0.1) is 0 Å². The average Bonchev–Trinajstić information content (AvgIpc) is 2.25. The zero-order chi connectivity index (χ0) is 12.1. The molecule has 0 unspecified atom stereocenters. The summed E-state index contributed by atoms with van der Waals surface area (Å²) in [6.07, 6.45) is 0.402. The molecule has 0 radical (unpaired) electrons. The number of methoxy groups -OCH3 is 1. The quantitative estimate of drug-likeness (QED) is 0.562. The van der Waals surface area contributed by atoms with Crippen molar-refractivity contribution in [2.45, 2.75) is 6.42 Å². The van der Waals surface area contributed by atoms with Crippen molar-refractivity contribution in [2.75, 3.05) is 13.7 Å². The highest BCUT2D eigenvalue weighted by Crippen LogP contribution is 2.22. The Labute approximate surface area is 90.9 Å². The van der Waals surface area contributed by atoms with Crippen LogP contribution in [-0.2, 0) is 11.2 Å². The highest BCUT2D eigenvalue weighted by molar-refractivity contribution is 5.46. The first kappa shape index (κ1) is 12.1. The Hall–Kier alpha value is -2.02. The fourth-order valence-corrected chi connectivity index (χ4v) is 1.23. The fraction of sp³-hybridized carbons (Fsp3) is 0.333. The molecule has 86 valence electrons. The van der Waals surface area contributed by atoms with E-state index in [2.05, 4.69) is 0 Å². The second-order valence-corrected chi connectivity index (χ2v) is 3.11. The largest absolute Gasteiger partial charge is 0.384 e. The third kappa shape index (κ3) is 2.99. The van der Waals surface area contributed by atoms with Gasteiger partial charge in [-0.1, -0.05) is 0 Å². The highest BCUT2D eigenvalue weighted by Gasteiger charge is 2.15. The van der Waals surface area contributed by atoms with Gasteiger partial charge < -0.3 is 4.74 Å². The van der Waals surface area contributed by atoms with Crippen molar-refractivity contribution in [3.05, 3.63) is 44.0 Å². The molecule has 7 nitrogen and oxygen atoms in total. The molecule has 0 spiro atoms. The van der Waals surface area contributed by atoms with Crippen molar-refractivity contribution in [3.8, 4) is 0 Å². The van der Waals surface area contributed by atoms with E-state index in [1.165, 1.54) is 19.2 Å². The SMILES string of the molecule is COCCc1cc([N+](=O)[O-])cc([N+](=O)[O-])c1. The van der Waals surface area contributed by atoms with Crippen LogP contribution < -0.4 is 0 Å². The van der Waals surface area contributed by atoms with Crippen LogP contribution in [0.5, 0.6) is 0 Å². The van der Waals surface area contributed by atoms with E-state index in [1.807, 2.05) is 0 Å². The Morgan fingerprint density at radius 2 is 1.62 bits per heavy atom. The van der Waals surface area contributed by atoms with Crippen molar-refractivity contribution in [3.63, 3.8) is 0 Å². The van der Waals surface area contributed by atoms with E-state index >= 15 is 0 Å². The molecule has 0 aromatic heterocycles. The summed E-state index contributed by atoms with van der Waals surface area (Å²) < 4.78 is 4.81. The van der Waals surface area contributed by atoms with Crippen LogP contribution in [0.25, 0.3) is 0 Å². The first-order valence-corrected chi connectivity index (χ1v) is 4.46. The van der Waals surface area contributed by atoms with Gasteiger partial charge in [0.15, 0.2) is 0 Å². The van der Waals surface area contributed by atoms with Gasteiger partial charge >= 0.3 is 0 Å². The van der Waals surface area contributed by atoms with Gasteiger partial charge in [0.05, 0.1) is 22.5 Å². The average molecular weight is 226 g/mol. The smallest absolute Gasteiger partial charge is 0.276 e. The maximum absolute atomic E-state index is 10.6. The molecule has 0 aliphatic carbocycles. The summed E-state index contributed by atoms with van der Waals surface area (Å²) in [5.74, 6) is 0. The first-order valence-electron chi connectivity index (χ1n) is 4.46. The third-order valence-corrected chi connectivity index (χ3v) is 1.98. The van der Waals surface area contributed by atoms with Gasteiger partial charge in [0.25, 0.3) is 11.4 Å². The van der Waals surface area contributed by atoms with Gasteiger partial charge in [-0.3, -0.25) is 20.2 Å². The molecule has 1 aromatic carbocycles. The topological polar surface area (TPSA) is 95.5 Å². The van der Waals surface area contributed by atoms with Crippen molar-refractivity contribution in [2.24, 2.45) is 0 Å². The summed E-state index contributed by atoms with van der Waals surface area (Å²) in [6.45, 7) is 0.359. The molecule has 0 heterocycles. The van der Waals surface area contributed by atoms with E-state index in [0.717, 1.165) is 6.07 Å². The Morgan fingerprint density at radius 1 is 1.12 bits per heavy atom. The third-order valence-electron chi connectivity index (χ3n) is 1.98. The standard InChI is InChI=1S/C9H10N2O5/c1-16-3-2-7-4-8(10(12)13)6-9(5-7)11(14)15/h4-6H,2-3H2,1H3. The Balaban J connectivity index is 3.08. The summed E-state index contributed by atoms with van der Waals surface area (Å²) >= 11 is 0. The number of nitrogens with zero attached hydrogens (tertiary/aromatic N) is 2. The second-order valence-electron chi connectivity index (χ2n) is 3.11. The van der Waals surface area contributed by atoms with Gasteiger partial charge in [-0.05, 0) is 12.0 Å². The number of nitro groups is 2. The van der Waals surface area contributed by atoms with Crippen molar-refractivity contribution >= 4 is 11.4 Å². The van der Waals surface area contributed by atoms with E-state index in [1.54, 1.807) is 0 Å². The van der Waals surface area contributed by atoms with Crippen LogP contribution in [-0.4, -0.2) is 23.6 Å². The molecule has 0 atom stereocenters. The van der Waals surface area contributed by atoms with Crippen LogP contribution in [0.1, 0.15) is 5.56 Å². The minimum atomic E-state index is -0.650. The molecule has 0 fully saturated rings. The normalized spacial score (nSPS) is 10.1. The Morgan fingerprint density at radius 3 is 2.00 bits per heavy atom. The van der Waals surface area contributed by atoms with E-state index in [-0.39, 0.29) is 11.4 Å². The number of hydrogen-bond donors (Lipinski definition) is 0. The number of rotatable bonds is 5. The lowest BCUT2D eigenvalue weighted by Gasteiger charge is -2.00. The van der Waals surface area contributed by atoms with Crippen molar-refractivity contribution in [1.29, 1.82) is 0 Å². The molecule has 0 saturated carbocycles. The first-order chi connectivity index (χ1) is 7.54. The number of non-ortho nitro benzene ring substituents is 2. The summed E-state index contributed by atoms with van der Waals surface area (Å²) in [7, 11) is 1.49. The van der Waals surface area contributed by atoms with Crippen molar-refractivity contribution in [1.82, 2.24) is 0 Å². The van der Waals surface area contributed by atoms with Crippen LogP contribution in [0.15, 0.2) is 18.2 Å². The molecule has 0 aliphatic heterocycles. The predicted octanol–water partition coefficient (Wildman–Crippen LogP) is 1.69. The molecule has 1 rings (SSSR count). The molecular weight excluding hydrogens is 216 g/mol. The van der Waals surface area contributed by atoms with E-state index in [9.17, 15) is 20.2 Å². The molecule has 0 amide bonds. The summed E-state index contributed by atoms with van der Waals surface area (Å²) in [6, 6.07) is 3.56. The minimum Gasteiger partial charge on any atom is -0.384 e. The lowest BCUT2D eigenvalue weighted by atomic mass is 10.1. The maximum atomic E-state index is 10.6. The van der Waals surface area contributed by atoms with E-state index < -0.39 is 9.85 Å². The van der Waals surface area contributed by atoms with Gasteiger partial charge in [-0.2, -0.15) is 0 Å². The fourth-order valence-electron chi connectivity index (χ4n) is 1.23. The number of ether oxygens (including phenoxy) is 1. The highest BCUT2D eigenvalue weighted by atomic mass is 16.6. The summed E-state index contributed by atoms with van der Waals surface area (Å²) in [4.78, 5) is 19.8. The lowest BCUT2D eigenvalue weighted by molar-refractivity contribution is -0.394. The van der Waals surface area contributed by atoms with Crippen LogP contribution in [0.3, 0.4) is 0 Å². The second kappa shape index (κ2) is 5.17. The zero-order valence-corrected chi connectivity index (χ0v) is 8.58.